The summed E-state index contributed by atoms with van der Waals surface area (Å²) in [6.07, 6.45) is 1.01. The van der Waals surface area contributed by atoms with Crippen LogP contribution in [-0.2, 0) is 6.42 Å². The maximum Gasteiger partial charge on any atom is 0.211 e. The average molecular weight is 404 g/mol. The van der Waals surface area contributed by atoms with Crippen molar-refractivity contribution < 1.29 is 20.1 Å². The number of phenolic OH excluding ortho intramolecular Hbond substituents is 1. The van der Waals surface area contributed by atoms with Crippen LogP contribution in [0.25, 0.3) is 6.20 Å². The Labute approximate surface area is 151 Å². The lowest BCUT2D eigenvalue weighted by Crippen LogP contribution is -2.23. The van der Waals surface area contributed by atoms with Gasteiger partial charge in [0.25, 0.3) is 0 Å². The first-order valence-electron chi connectivity index (χ1n) is 7.51. The number of imidazole rings is 1. The van der Waals surface area contributed by atoms with Crippen molar-refractivity contribution in [1.82, 2.24) is 9.55 Å². The number of aliphatic hydroxyl groups is 2. The van der Waals surface area contributed by atoms with Gasteiger partial charge in [0.2, 0.25) is 5.78 Å². The van der Waals surface area contributed by atoms with Crippen molar-refractivity contribution in [1.29, 1.82) is 5.26 Å². The minimum Gasteiger partial charge on any atom is -0.505 e. The molecule has 128 valence electrons. The number of carbonyl (C=O) groups is 1. The number of hydrogen-bond acceptors (Lipinski definition) is 6. The van der Waals surface area contributed by atoms with E-state index in [1.165, 1.54) is 29.0 Å². The Morgan fingerprint density at radius 2 is 2.16 bits per heavy atom. The zero-order valence-corrected chi connectivity index (χ0v) is 14.7. The number of aromatic hydroxyl groups is 1. The van der Waals surface area contributed by atoms with E-state index in [1.807, 2.05) is 13.0 Å². The molecule has 2 heterocycles. The second-order valence-corrected chi connectivity index (χ2v) is 6.42. The monoisotopic (exact) mass is 403 g/mol. The average Bonchev–Trinajstić information content (AvgIpc) is 2.99. The number of rotatable bonds is 3. The van der Waals surface area contributed by atoms with Gasteiger partial charge >= 0.3 is 0 Å². The van der Waals surface area contributed by atoms with Gasteiger partial charge in [0, 0.05) is 11.8 Å². The van der Waals surface area contributed by atoms with Gasteiger partial charge in [0.05, 0.1) is 15.7 Å². The molecule has 7 nitrogen and oxygen atoms in total. The Hall–Kier alpha value is -2.47. The van der Waals surface area contributed by atoms with Crippen LogP contribution in [0.5, 0.6) is 5.75 Å². The third-order valence-corrected chi connectivity index (χ3v) is 4.63. The van der Waals surface area contributed by atoms with Crippen LogP contribution in [0.3, 0.4) is 0 Å². The first kappa shape index (κ1) is 17.4. The first-order chi connectivity index (χ1) is 11.9. The van der Waals surface area contributed by atoms with E-state index >= 15 is 0 Å². The highest BCUT2D eigenvalue weighted by atomic mass is 79.9. The molecule has 25 heavy (non-hydrogen) atoms. The van der Waals surface area contributed by atoms with Crippen molar-refractivity contribution in [2.24, 2.45) is 0 Å². The van der Waals surface area contributed by atoms with Gasteiger partial charge in [0.15, 0.2) is 0 Å². The summed E-state index contributed by atoms with van der Waals surface area (Å²) in [5.74, 6) is -0.446. The number of nitrogens with zero attached hydrogens (tertiary/aromatic N) is 3. The van der Waals surface area contributed by atoms with Crippen molar-refractivity contribution in [3.63, 3.8) is 0 Å². The third kappa shape index (κ3) is 2.76. The number of halogens is 1. The summed E-state index contributed by atoms with van der Waals surface area (Å²) in [5, 5.41) is 38.8. The van der Waals surface area contributed by atoms with Crippen molar-refractivity contribution in [2.45, 2.75) is 25.6 Å². The topological polar surface area (TPSA) is 119 Å². The Morgan fingerprint density at radius 1 is 1.44 bits per heavy atom. The lowest BCUT2D eigenvalue weighted by molar-refractivity contribution is 0.0388. The molecule has 3 N–H and O–H groups in total. The first-order valence-corrected chi connectivity index (χ1v) is 8.31. The van der Waals surface area contributed by atoms with Crippen molar-refractivity contribution in [3.05, 3.63) is 51.0 Å². The van der Waals surface area contributed by atoms with E-state index in [4.69, 9.17) is 5.26 Å². The van der Waals surface area contributed by atoms with E-state index in [9.17, 15) is 20.1 Å². The number of ketones is 1. The standard InChI is InChI=1S/C17H14BrN3O4/c1-2-11-13(21-4-3-12(22)16(25)17(21)20-11)15(24)8-5-9(7-19)14(23)10(18)6-8/h3-6,12,16,22-23,25H,2H2,1H3. The number of phenols is 1. The van der Waals surface area contributed by atoms with E-state index in [0.717, 1.165) is 0 Å². The number of aryl methyl sites for hydroxylation is 1. The summed E-state index contributed by atoms with van der Waals surface area (Å²) in [4.78, 5) is 17.3. The van der Waals surface area contributed by atoms with Crippen molar-refractivity contribution >= 4 is 27.9 Å². The summed E-state index contributed by atoms with van der Waals surface area (Å²) in [6.45, 7) is 1.82. The van der Waals surface area contributed by atoms with Crippen LogP contribution in [0.2, 0.25) is 0 Å². The molecule has 0 radical (unpaired) electrons. The number of hydrogen-bond donors (Lipinski definition) is 3. The Kier molecular flexibility index (Phi) is 4.47. The molecule has 1 aromatic heterocycles. The molecule has 0 aliphatic carbocycles. The molecule has 2 atom stereocenters. The SMILES string of the molecule is CCc1nc2n(c1C(=O)c1cc(Br)c(O)c(C#N)c1)C=CC(O)C2O. The number of carbonyl (C=O) groups excluding carboxylic acids is 1. The largest absolute Gasteiger partial charge is 0.505 e. The Morgan fingerprint density at radius 3 is 2.80 bits per heavy atom. The molecule has 0 saturated carbocycles. The molecule has 8 heteroatoms. The molecule has 1 aliphatic rings. The molecule has 1 aromatic carbocycles. The predicted octanol–water partition coefficient (Wildman–Crippen LogP) is 1.89. The van der Waals surface area contributed by atoms with E-state index < -0.39 is 18.0 Å². The third-order valence-electron chi connectivity index (χ3n) is 4.03. The number of aromatic nitrogens is 2. The van der Waals surface area contributed by atoms with Crippen LogP contribution in [0.1, 0.15) is 46.2 Å². The summed E-state index contributed by atoms with van der Waals surface area (Å²) in [5.41, 5.74) is 0.898. The highest BCUT2D eigenvalue weighted by Gasteiger charge is 2.31. The smallest absolute Gasteiger partial charge is 0.211 e. The maximum atomic E-state index is 13.0. The van der Waals surface area contributed by atoms with Crippen LogP contribution in [-0.4, -0.2) is 36.8 Å². The predicted molar refractivity (Wildman–Crippen MR) is 91.9 cm³/mol. The van der Waals surface area contributed by atoms with Crippen LogP contribution in [0.15, 0.2) is 22.7 Å². The fourth-order valence-electron chi connectivity index (χ4n) is 2.73. The summed E-state index contributed by atoms with van der Waals surface area (Å²) in [6, 6.07) is 4.57. The molecular formula is C17H14BrN3O4. The molecule has 0 fully saturated rings. The van der Waals surface area contributed by atoms with E-state index in [1.54, 1.807) is 0 Å². The summed E-state index contributed by atoms with van der Waals surface area (Å²) >= 11 is 3.13. The van der Waals surface area contributed by atoms with Gasteiger partial charge in [-0.15, -0.1) is 0 Å². The molecule has 1 aliphatic heterocycles. The fraction of sp³-hybridized carbons (Fsp3) is 0.235. The van der Waals surface area contributed by atoms with E-state index in [-0.39, 0.29) is 32.9 Å². The van der Waals surface area contributed by atoms with Crippen molar-refractivity contribution in [2.75, 3.05) is 0 Å². The second-order valence-electron chi connectivity index (χ2n) is 5.56. The molecule has 0 saturated heterocycles. The number of benzene rings is 1. The maximum absolute atomic E-state index is 13.0. The van der Waals surface area contributed by atoms with Crippen LogP contribution >= 0.6 is 15.9 Å². The van der Waals surface area contributed by atoms with Gasteiger partial charge in [-0.25, -0.2) is 4.98 Å². The molecule has 3 rings (SSSR count). The van der Waals surface area contributed by atoms with E-state index in [2.05, 4.69) is 20.9 Å². The molecule has 0 amide bonds. The second kappa shape index (κ2) is 6.44. The quantitative estimate of drug-likeness (QED) is 0.673. The van der Waals surface area contributed by atoms with Crippen LogP contribution < -0.4 is 0 Å². The molecular weight excluding hydrogens is 390 g/mol. The minimum absolute atomic E-state index is 0.0276. The van der Waals surface area contributed by atoms with Crippen LogP contribution in [0.4, 0.5) is 0 Å². The fourth-order valence-corrected chi connectivity index (χ4v) is 3.19. The minimum atomic E-state index is -1.22. The van der Waals surface area contributed by atoms with Gasteiger partial charge in [-0.05, 0) is 40.6 Å². The lowest BCUT2D eigenvalue weighted by atomic mass is 10.0. The Bertz CT molecular complexity index is 942. The van der Waals surface area contributed by atoms with Gasteiger partial charge in [-0.2, -0.15) is 5.26 Å². The molecule has 0 bridgehead atoms. The van der Waals surface area contributed by atoms with E-state index in [0.29, 0.717) is 12.1 Å². The summed E-state index contributed by atoms with van der Waals surface area (Å²) < 4.78 is 1.68. The number of aliphatic hydroxyl groups excluding tert-OH is 2. The zero-order valence-electron chi connectivity index (χ0n) is 13.1. The highest BCUT2D eigenvalue weighted by molar-refractivity contribution is 9.10. The number of nitriles is 1. The van der Waals surface area contributed by atoms with Crippen LogP contribution in [0, 0.1) is 11.3 Å². The van der Waals surface area contributed by atoms with Gasteiger partial charge < -0.3 is 15.3 Å². The lowest BCUT2D eigenvalue weighted by Gasteiger charge is -2.20. The zero-order chi connectivity index (χ0) is 18.3. The van der Waals surface area contributed by atoms with Gasteiger partial charge in [-0.3, -0.25) is 9.36 Å². The summed E-state index contributed by atoms with van der Waals surface area (Å²) in [7, 11) is 0. The van der Waals surface area contributed by atoms with Gasteiger partial charge in [0.1, 0.15) is 35.5 Å². The number of fused-ring (bicyclic) bond motifs is 1. The van der Waals surface area contributed by atoms with Gasteiger partial charge in [-0.1, -0.05) is 6.92 Å². The molecule has 2 aromatic rings. The highest BCUT2D eigenvalue weighted by Crippen LogP contribution is 2.32. The molecule has 2 unspecified atom stereocenters. The van der Waals surface area contributed by atoms with Crippen molar-refractivity contribution in [3.8, 4) is 11.8 Å². The Balaban J connectivity index is 2.17. The normalized spacial score (nSPS) is 18.7. The molecule has 0 spiro atoms.